The first-order valence-corrected chi connectivity index (χ1v) is 8.55. The van der Waals surface area contributed by atoms with E-state index in [9.17, 15) is 12.8 Å². The van der Waals surface area contributed by atoms with Crippen LogP contribution in [0.2, 0.25) is 0 Å². The number of hydrogen-bond donors (Lipinski definition) is 1. The van der Waals surface area contributed by atoms with Crippen LogP contribution < -0.4 is 4.72 Å². The Morgan fingerprint density at radius 3 is 2.30 bits per heavy atom. The van der Waals surface area contributed by atoms with Crippen molar-refractivity contribution in [2.24, 2.45) is 0 Å². The molecule has 0 fully saturated rings. The number of sulfonamides is 1. The van der Waals surface area contributed by atoms with Crippen LogP contribution in [0.25, 0.3) is 0 Å². The van der Waals surface area contributed by atoms with E-state index in [-0.39, 0.29) is 4.90 Å². The van der Waals surface area contributed by atoms with Crippen molar-refractivity contribution in [3.63, 3.8) is 0 Å². The van der Waals surface area contributed by atoms with Crippen LogP contribution in [0.1, 0.15) is 5.56 Å². The van der Waals surface area contributed by atoms with Crippen LogP contribution in [-0.2, 0) is 16.4 Å². The number of halogens is 2. The third-order valence-corrected chi connectivity index (χ3v) is 4.53. The van der Waals surface area contributed by atoms with Gasteiger partial charge in [0.1, 0.15) is 10.7 Å². The Kier molecular flexibility index (Phi) is 4.77. The second kappa shape index (κ2) is 6.37. The molecule has 0 unspecified atom stereocenters. The lowest BCUT2D eigenvalue weighted by molar-refractivity contribution is 0.570. The first kappa shape index (κ1) is 15.0. The number of hydrogen-bond acceptors (Lipinski definition) is 2. The number of aryl methyl sites for hydroxylation is 1. The standard InChI is InChI=1S/C14H13BrFNO2S/c15-10-9-11-5-7-12(8-6-11)17-20(18,19)14-4-2-1-3-13(14)16/h1-8,17H,9-10H2. The molecule has 0 aliphatic heterocycles. The fourth-order valence-electron chi connectivity index (χ4n) is 1.72. The normalized spacial score (nSPS) is 11.3. The van der Waals surface area contributed by atoms with Crippen molar-refractivity contribution in [3.05, 3.63) is 59.9 Å². The summed E-state index contributed by atoms with van der Waals surface area (Å²) in [4.78, 5) is -0.357. The molecule has 0 saturated carbocycles. The molecule has 0 aliphatic rings. The molecule has 0 radical (unpaired) electrons. The molecule has 0 atom stereocenters. The number of rotatable bonds is 5. The second-order valence-corrected chi connectivity index (χ2v) is 6.62. The summed E-state index contributed by atoms with van der Waals surface area (Å²) in [5, 5.41) is 0.841. The van der Waals surface area contributed by atoms with Gasteiger partial charge in [-0.2, -0.15) is 0 Å². The summed E-state index contributed by atoms with van der Waals surface area (Å²) in [5.74, 6) is -0.768. The van der Waals surface area contributed by atoms with Gasteiger partial charge in [-0.1, -0.05) is 40.2 Å². The highest BCUT2D eigenvalue weighted by atomic mass is 79.9. The average Bonchev–Trinajstić information content (AvgIpc) is 2.41. The maximum atomic E-state index is 13.5. The van der Waals surface area contributed by atoms with E-state index >= 15 is 0 Å². The Bertz CT molecular complexity index is 687. The van der Waals surface area contributed by atoms with Crippen LogP contribution in [0, 0.1) is 5.82 Å². The number of anilines is 1. The van der Waals surface area contributed by atoms with Crippen molar-refractivity contribution in [1.29, 1.82) is 0 Å². The molecule has 0 bridgehead atoms. The largest absolute Gasteiger partial charge is 0.280 e. The zero-order valence-electron chi connectivity index (χ0n) is 10.5. The highest BCUT2D eigenvalue weighted by Gasteiger charge is 2.18. The van der Waals surface area contributed by atoms with Crippen molar-refractivity contribution < 1.29 is 12.8 Å². The van der Waals surface area contributed by atoms with Crippen molar-refractivity contribution >= 4 is 31.6 Å². The number of nitrogens with one attached hydrogen (secondary N) is 1. The summed E-state index contributed by atoms with van der Waals surface area (Å²) in [6, 6.07) is 12.3. The zero-order valence-corrected chi connectivity index (χ0v) is 12.9. The molecule has 0 saturated heterocycles. The summed E-state index contributed by atoms with van der Waals surface area (Å²) in [6.07, 6.45) is 0.861. The fraction of sp³-hybridized carbons (Fsp3) is 0.143. The number of alkyl halides is 1. The third kappa shape index (κ3) is 3.58. The van der Waals surface area contributed by atoms with Gasteiger partial charge in [0.2, 0.25) is 0 Å². The molecule has 2 rings (SSSR count). The van der Waals surface area contributed by atoms with Crippen LogP contribution in [0.3, 0.4) is 0 Å². The molecule has 0 heterocycles. The molecule has 2 aromatic rings. The molecule has 106 valence electrons. The minimum atomic E-state index is -3.90. The van der Waals surface area contributed by atoms with Gasteiger partial charge in [-0.3, -0.25) is 4.72 Å². The molecule has 0 amide bonds. The van der Waals surface area contributed by atoms with Gasteiger partial charge < -0.3 is 0 Å². The summed E-state index contributed by atoms with van der Waals surface area (Å²) in [6.45, 7) is 0. The summed E-state index contributed by atoms with van der Waals surface area (Å²) >= 11 is 3.34. The van der Waals surface area contributed by atoms with E-state index in [1.165, 1.54) is 18.2 Å². The lowest BCUT2D eigenvalue weighted by Crippen LogP contribution is -2.14. The third-order valence-electron chi connectivity index (χ3n) is 2.72. The van der Waals surface area contributed by atoms with Gasteiger partial charge in [-0.05, 0) is 36.2 Å². The minimum absolute atomic E-state index is 0.357. The van der Waals surface area contributed by atoms with Gasteiger partial charge in [0.05, 0.1) is 0 Å². The minimum Gasteiger partial charge on any atom is -0.280 e. The lowest BCUT2D eigenvalue weighted by Gasteiger charge is -2.09. The highest BCUT2D eigenvalue weighted by molar-refractivity contribution is 9.09. The topological polar surface area (TPSA) is 46.2 Å². The fourth-order valence-corrected chi connectivity index (χ4v) is 3.32. The van der Waals surface area contributed by atoms with Gasteiger partial charge >= 0.3 is 0 Å². The van der Waals surface area contributed by atoms with Crippen molar-refractivity contribution in [2.45, 2.75) is 11.3 Å². The molecule has 3 nitrogen and oxygen atoms in total. The van der Waals surface area contributed by atoms with Crippen LogP contribution >= 0.6 is 15.9 Å². The molecular weight excluding hydrogens is 345 g/mol. The van der Waals surface area contributed by atoms with Gasteiger partial charge in [0.25, 0.3) is 10.0 Å². The maximum absolute atomic E-state index is 13.5. The van der Waals surface area contributed by atoms with Gasteiger partial charge in [-0.25, -0.2) is 12.8 Å². The first-order chi connectivity index (χ1) is 9.53. The van der Waals surface area contributed by atoms with Crippen LogP contribution in [0.5, 0.6) is 0 Å². The number of benzene rings is 2. The Morgan fingerprint density at radius 2 is 1.70 bits per heavy atom. The quantitative estimate of drug-likeness (QED) is 0.831. The van der Waals surface area contributed by atoms with Crippen molar-refractivity contribution in [2.75, 3.05) is 10.1 Å². The summed E-state index contributed by atoms with van der Waals surface area (Å²) in [7, 11) is -3.90. The van der Waals surface area contributed by atoms with Crippen LogP contribution in [0.15, 0.2) is 53.4 Å². The molecule has 0 aromatic heterocycles. The van der Waals surface area contributed by atoms with E-state index in [4.69, 9.17) is 0 Å². The van der Waals surface area contributed by atoms with Crippen molar-refractivity contribution in [3.8, 4) is 0 Å². The predicted octanol–water partition coefficient (Wildman–Crippen LogP) is 3.56. The van der Waals surface area contributed by atoms with Gasteiger partial charge in [0, 0.05) is 11.0 Å². The van der Waals surface area contributed by atoms with E-state index in [2.05, 4.69) is 20.7 Å². The SMILES string of the molecule is O=S(=O)(Nc1ccc(CCBr)cc1)c1ccccc1F. The molecule has 20 heavy (non-hydrogen) atoms. The molecule has 0 aliphatic carbocycles. The van der Waals surface area contributed by atoms with Crippen molar-refractivity contribution in [1.82, 2.24) is 0 Å². The Morgan fingerprint density at radius 1 is 1.05 bits per heavy atom. The predicted molar refractivity (Wildman–Crippen MR) is 81.1 cm³/mol. The van der Waals surface area contributed by atoms with Crippen LogP contribution in [-0.4, -0.2) is 13.7 Å². The molecule has 1 N–H and O–H groups in total. The second-order valence-electron chi connectivity index (χ2n) is 4.17. The molecule has 2 aromatic carbocycles. The highest BCUT2D eigenvalue weighted by Crippen LogP contribution is 2.19. The van der Waals surface area contributed by atoms with E-state index in [1.54, 1.807) is 12.1 Å². The van der Waals surface area contributed by atoms with Crippen LogP contribution in [0.4, 0.5) is 10.1 Å². The Balaban J connectivity index is 2.22. The molecule has 6 heteroatoms. The lowest BCUT2D eigenvalue weighted by atomic mass is 10.2. The summed E-state index contributed by atoms with van der Waals surface area (Å²) < 4.78 is 40.0. The molecular formula is C14H13BrFNO2S. The zero-order chi connectivity index (χ0) is 14.6. The van der Waals surface area contributed by atoms with Gasteiger partial charge in [-0.15, -0.1) is 0 Å². The Hall–Kier alpha value is -1.40. The Labute approximate surface area is 126 Å². The van der Waals surface area contributed by atoms with Gasteiger partial charge in [0.15, 0.2) is 0 Å². The summed E-state index contributed by atoms with van der Waals surface area (Å²) in [5.41, 5.74) is 1.50. The average molecular weight is 358 g/mol. The first-order valence-electron chi connectivity index (χ1n) is 5.95. The van der Waals surface area contributed by atoms with E-state index in [0.717, 1.165) is 23.4 Å². The van der Waals surface area contributed by atoms with E-state index in [1.807, 2.05) is 12.1 Å². The van der Waals surface area contributed by atoms with E-state index < -0.39 is 15.8 Å². The maximum Gasteiger partial charge on any atom is 0.264 e. The van der Waals surface area contributed by atoms with E-state index in [0.29, 0.717) is 5.69 Å². The smallest absolute Gasteiger partial charge is 0.264 e. The monoisotopic (exact) mass is 357 g/mol. The molecule has 0 spiro atoms.